The molecule has 114 valence electrons. The molecular formula is C15H18F3N3. The number of halogens is 3. The Kier molecular flexibility index (Phi) is 4.73. The average molecular weight is 297 g/mol. The summed E-state index contributed by atoms with van der Waals surface area (Å²) in [7, 11) is 1.82. The van der Waals surface area contributed by atoms with E-state index in [1.165, 1.54) is 6.07 Å². The van der Waals surface area contributed by atoms with E-state index in [9.17, 15) is 13.2 Å². The fourth-order valence-corrected chi connectivity index (χ4v) is 2.68. The van der Waals surface area contributed by atoms with Gasteiger partial charge in [0, 0.05) is 18.8 Å². The summed E-state index contributed by atoms with van der Waals surface area (Å²) in [5, 5.41) is 12.1. The van der Waals surface area contributed by atoms with Crippen molar-refractivity contribution in [2.24, 2.45) is 0 Å². The van der Waals surface area contributed by atoms with Gasteiger partial charge in [0.15, 0.2) is 0 Å². The lowest BCUT2D eigenvalue weighted by Crippen LogP contribution is -2.32. The summed E-state index contributed by atoms with van der Waals surface area (Å²) in [5.74, 6) is 0. The predicted octanol–water partition coefficient (Wildman–Crippen LogP) is 3.16. The Morgan fingerprint density at radius 2 is 2.05 bits per heavy atom. The average Bonchev–Trinajstić information content (AvgIpc) is 2.74. The highest BCUT2D eigenvalue weighted by atomic mass is 19.4. The van der Waals surface area contributed by atoms with E-state index < -0.39 is 11.7 Å². The van der Waals surface area contributed by atoms with Crippen LogP contribution in [0.2, 0.25) is 0 Å². The van der Waals surface area contributed by atoms with Gasteiger partial charge in [0.25, 0.3) is 0 Å². The highest BCUT2D eigenvalue weighted by molar-refractivity contribution is 5.55. The van der Waals surface area contributed by atoms with Crippen LogP contribution >= 0.6 is 0 Å². The van der Waals surface area contributed by atoms with Crippen molar-refractivity contribution in [3.63, 3.8) is 0 Å². The number of nitriles is 1. The quantitative estimate of drug-likeness (QED) is 0.911. The fraction of sp³-hybridized carbons (Fsp3) is 0.533. The largest absolute Gasteiger partial charge is 0.417 e. The van der Waals surface area contributed by atoms with Crippen LogP contribution in [-0.4, -0.2) is 26.2 Å². The molecule has 1 unspecified atom stereocenters. The van der Waals surface area contributed by atoms with E-state index in [1.54, 1.807) is 12.1 Å². The van der Waals surface area contributed by atoms with Crippen molar-refractivity contribution in [3.05, 3.63) is 29.3 Å². The minimum atomic E-state index is -4.51. The maximum atomic E-state index is 13.0. The van der Waals surface area contributed by atoms with Crippen molar-refractivity contribution in [1.29, 1.82) is 5.26 Å². The third kappa shape index (κ3) is 3.67. The lowest BCUT2D eigenvalue weighted by molar-refractivity contribution is -0.137. The van der Waals surface area contributed by atoms with Crippen LogP contribution in [0.15, 0.2) is 18.2 Å². The Bertz CT molecular complexity index is 526. The molecule has 0 aliphatic carbocycles. The standard InChI is InChI=1S/C15H18F3N3/c1-21(12-3-2-7-20-8-6-12)13-5-4-11(10-19)14(9-13)15(16,17)18/h4-5,9,12,20H,2-3,6-8H2,1H3. The van der Waals surface area contributed by atoms with E-state index >= 15 is 0 Å². The number of benzene rings is 1. The molecule has 1 aliphatic heterocycles. The summed E-state index contributed by atoms with van der Waals surface area (Å²) in [6, 6.07) is 5.75. The van der Waals surface area contributed by atoms with Crippen LogP contribution < -0.4 is 10.2 Å². The molecule has 1 aliphatic rings. The lowest BCUT2D eigenvalue weighted by atomic mass is 10.0. The molecule has 0 radical (unpaired) electrons. The van der Waals surface area contributed by atoms with E-state index in [1.807, 2.05) is 11.9 Å². The first-order chi connectivity index (χ1) is 9.93. The molecule has 3 nitrogen and oxygen atoms in total. The topological polar surface area (TPSA) is 39.1 Å². The third-order valence-corrected chi connectivity index (χ3v) is 3.93. The Balaban J connectivity index is 2.29. The summed E-state index contributed by atoms with van der Waals surface area (Å²) in [6.07, 6.45) is -1.65. The number of nitrogens with one attached hydrogen (secondary N) is 1. The first-order valence-electron chi connectivity index (χ1n) is 6.98. The van der Waals surface area contributed by atoms with Crippen LogP contribution in [-0.2, 0) is 6.18 Å². The van der Waals surface area contributed by atoms with Gasteiger partial charge in [0.2, 0.25) is 0 Å². The van der Waals surface area contributed by atoms with Gasteiger partial charge in [-0.25, -0.2) is 0 Å². The number of hydrogen-bond acceptors (Lipinski definition) is 3. The SMILES string of the molecule is CN(c1ccc(C#N)c(C(F)(F)F)c1)C1CCCNCC1. The first kappa shape index (κ1) is 15.6. The fourth-order valence-electron chi connectivity index (χ4n) is 2.68. The molecule has 1 aromatic carbocycles. The van der Waals surface area contributed by atoms with E-state index in [0.717, 1.165) is 38.4 Å². The van der Waals surface area contributed by atoms with Crippen molar-refractivity contribution < 1.29 is 13.2 Å². The first-order valence-corrected chi connectivity index (χ1v) is 6.98. The van der Waals surface area contributed by atoms with Gasteiger partial charge >= 0.3 is 6.18 Å². The molecule has 0 spiro atoms. The summed E-state index contributed by atoms with van der Waals surface area (Å²) in [6.45, 7) is 1.82. The summed E-state index contributed by atoms with van der Waals surface area (Å²) in [4.78, 5) is 1.89. The second-order valence-corrected chi connectivity index (χ2v) is 5.29. The van der Waals surface area contributed by atoms with Gasteiger partial charge in [-0.05, 0) is 50.6 Å². The summed E-state index contributed by atoms with van der Waals surface area (Å²) < 4.78 is 39.0. The zero-order valence-electron chi connectivity index (χ0n) is 11.9. The van der Waals surface area contributed by atoms with Gasteiger partial charge in [-0.2, -0.15) is 18.4 Å². The van der Waals surface area contributed by atoms with Crippen molar-refractivity contribution >= 4 is 5.69 Å². The van der Waals surface area contributed by atoms with Gasteiger partial charge in [-0.15, -0.1) is 0 Å². The molecule has 0 aromatic heterocycles. The molecule has 1 aromatic rings. The highest BCUT2D eigenvalue weighted by Gasteiger charge is 2.34. The third-order valence-electron chi connectivity index (χ3n) is 3.93. The van der Waals surface area contributed by atoms with Gasteiger partial charge in [0.05, 0.1) is 17.2 Å². The normalized spacial score (nSPS) is 19.7. The van der Waals surface area contributed by atoms with Gasteiger partial charge < -0.3 is 10.2 Å². The zero-order valence-corrected chi connectivity index (χ0v) is 11.9. The minimum absolute atomic E-state index is 0.217. The molecule has 0 bridgehead atoms. The van der Waals surface area contributed by atoms with Crippen molar-refractivity contribution in [3.8, 4) is 6.07 Å². The number of rotatable bonds is 2. The van der Waals surface area contributed by atoms with E-state index in [4.69, 9.17) is 5.26 Å². The van der Waals surface area contributed by atoms with E-state index in [2.05, 4.69) is 5.32 Å². The molecule has 0 amide bonds. The monoisotopic (exact) mass is 297 g/mol. The Morgan fingerprint density at radius 3 is 2.71 bits per heavy atom. The molecule has 1 atom stereocenters. The number of alkyl halides is 3. The number of nitrogens with zero attached hydrogens (tertiary/aromatic N) is 2. The summed E-state index contributed by atoms with van der Waals surface area (Å²) in [5.41, 5.74) is -0.684. The maximum absolute atomic E-state index is 13.0. The lowest BCUT2D eigenvalue weighted by Gasteiger charge is -2.29. The van der Waals surface area contributed by atoms with Crippen molar-refractivity contribution in [2.45, 2.75) is 31.5 Å². The molecule has 1 fully saturated rings. The predicted molar refractivity (Wildman–Crippen MR) is 75.1 cm³/mol. The Labute approximate surface area is 122 Å². The van der Waals surface area contributed by atoms with Crippen molar-refractivity contribution in [1.82, 2.24) is 5.32 Å². The zero-order chi connectivity index (χ0) is 15.5. The molecule has 1 heterocycles. The molecule has 1 saturated heterocycles. The van der Waals surface area contributed by atoms with Gasteiger partial charge in [-0.3, -0.25) is 0 Å². The molecule has 6 heteroatoms. The van der Waals surface area contributed by atoms with Crippen LogP contribution in [0.4, 0.5) is 18.9 Å². The highest BCUT2D eigenvalue weighted by Crippen LogP contribution is 2.35. The molecule has 1 N–H and O–H groups in total. The van der Waals surface area contributed by atoms with Crippen molar-refractivity contribution in [2.75, 3.05) is 25.0 Å². The second-order valence-electron chi connectivity index (χ2n) is 5.29. The summed E-state index contributed by atoms with van der Waals surface area (Å²) >= 11 is 0. The van der Waals surface area contributed by atoms with Crippen LogP contribution in [0.25, 0.3) is 0 Å². The van der Waals surface area contributed by atoms with E-state index in [-0.39, 0.29) is 11.6 Å². The molecule has 0 saturated carbocycles. The second kappa shape index (κ2) is 6.35. The van der Waals surface area contributed by atoms with Crippen LogP contribution in [0.5, 0.6) is 0 Å². The minimum Gasteiger partial charge on any atom is -0.372 e. The van der Waals surface area contributed by atoms with Crippen LogP contribution in [0.1, 0.15) is 30.4 Å². The maximum Gasteiger partial charge on any atom is 0.417 e. The van der Waals surface area contributed by atoms with Crippen LogP contribution in [0.3, 0.4) is 0 Å². The Morgan fingerprint density at radius 1 is 1.29 bits per heavy atom. The van der Waals surface area contributed by atoms with E-state index in [0.29, 0.717) is 5.69 Å². The Hall–Kier alpha value is -1.74. The van der Waals surface area contributed by atoms with Gasteiger partial charge in [-0.1, -0.05) is 0 Å². The van der Waals surface area contributed by atoms with Gasteiger partial charge in [0.1, 0.15) is 0 Å². The molecule has 2 rings (SSSR count). The molecule has 21 heavy (non-hydrogen) atoms. The number of hydrogen-bond donors (Lipinski definition) is 1. The number of anilines is 1. The smallest absolute Gasteiger partial charge is 0.372 e. The molecular weight excluding hydrogens is 279 g/mol. The van der Waals surface area contributed by atoms with Crippen LogP contribution in [0, 0.1) is 11.3 Å².